The highest BCUT2D eigenvalue weighted by atomic mass is 32.1. The number of aromatic nitrogens is 2. The van der Waals surface area contributed by atoms with E-state index in [0.717, 1.165) is 5.82 Å². The summed E-state index contributed by atoms with van der Waals surface area (Å²) < 4.78 is 0. The first-order valence-electron chi connectivity index (χ1n) is 5.34. The molecular formula is C12H12N4OS. The number of aromatic amines is 1. The van der Waals surface area contributed by atoms with Crippen LogP contribution in [0.25, 0.3) is 0 Å². The van der Waals surface area contributed by atoms with Crippen molar-refractivity contribution in [3.63, 3.8) is 0 Å². The topological polar surface area (TPSA) is 83.8 Å². The third-order valence-corrected chi connectivity index (χ3v) is 3.08. The minimum atomic E-state index is -0.150. The summed E-state index contributed by atoms with van der Waals surface area (Å²) in [5.74, 6) is 6.19. The van der Waals surface area contributed by atoms with Crippen molar-refractivity contribution in [1.29, 1.82) is 0 Å². The van der Waals surface area contributed by atoms with E-state index in [-0.39, 0.29) is 12.5 Å². The minimum Gasteiger partial charge on any atom is -0.347 e. The molecule has 2 aromatic heterocycles. The third-order valence-electron chi connectivity index (χ3n) is 2.17. The van der Waals surface area contributed by atoms with Gasteiger partial charge in [-0.05, 0) is 11.4 Å². The van der Waals surface area contributed by atoms with Gasteiger partial charge in [0.15, 0.2) is 0 Å². The molecule has 2 aromatic rings. The molecule has 4 N–H and O–H groups in total. The number of rotatable bonds is 3. The molecule has 0 aromatic carbocycles. The number of nitrogens with zero attached hydrogens (tertiary/aromatic N) is 1. The monoisotopic (exact) mass is 260 g/mol. The maximum Gasteiger partial charge on any atom is 0.263 e. The minimum absolute atomic E-state index is 0.150. The fourth-order valence-corrected chi connectivity index (χ4v) is 2.13. The molecule has 0 unspecified atom stereocenters. The number of H-pyrrole nitrogens is 1. The smallest absolute Gasteiger partial charge is 0.263 e. The van der Waals surface area contributed by atoms with Crippen molar-refractivity contribution in [3.05, 3.63) is 40.1 Å². The highest BCUT2D eigenvalue weighted by Crippen LogP contribution is 2.15. The summed E-state index contributed by atoms with van der Waals surface area (Å²) in [5.41, 5.74) is 6.02. The average molecular weight is 260 g/mol. The van der Waals surface area contributed by atoms with Gasteiger partial charge in [-0.25, -0.2) is 4.98 Å². The molecule has 18 heavy (non-hydrogen) atoms. The van der Waals surface area contributed by atoms with Crippen molar-refractivity contribution in [2.75, 3.05) is 6.54 Å². The van der Waals surface area contributed by atoms with Crippen LogP contribution < -0.4 is 11.1 Å². The molecule has 0 bridgehead atoms. The zero-order valence-corrected chi connectivity index (χ0v) is 10.4. The lowest BCUT2D eigenvalue weighted by atomic mass is 10.2. The molecule has 0 aliphatic heterocycles. The molecule has 0 saturated carbocycles. The summed E-state index contributed by atoms with van der Waals surface area (Å²) in [4.78, 5) is 19.5. The Morgan fingerprint density at radius 3 is 3.22 bits per heavy atom. The SMILES string of the molecule is NCC#Cc1ccsc1C(=O)NCc1ncc[nH]1. The maximum atomic E-state index is 11.9. The third kappa shape index (κ3) is 2.97. The van der Waals surface area contributed by atoms with Gasteiger partial charge in [-0.2, -0.15) is 0 Å². The van der Waals surface area contributed by atoms with E-state index in [1.165, 1.54) is 11.3 Å². The number of nitrogens with one attached hydrogen (secondary N) is 2. The second kappa shape index (κ2) is 6.00. The number of hydrogen-bond acceptors (Lipinski definition) is 4. The van der Waals surface area contributed by atoms with Gasteiger partial charge in [-0.15, -0.1) is 11.3 Å². The van der Waals surface area contributed by atoms with Gasteiger partial charge >= 0.3 is 0 Å². The zero-order valence-electron chi connectivity index (χ0n) is 9.56. The second-order valence-corrected chi connectivity index (χ2v) is 4.30. The van der Waals surface area contributed by atoms with Gasteiger partial charge in [-0.3, -0.25) is 4.79 Å². The summed E-state index contributed by atoms with van der Waals surface area (Å²) in [7, 11) is 0. The van der Waals surface area contributed by atoms with Crippen LogP contribution in [-0.4, -0.2) is 22.4 Å². The van der Waals surface area contributed by atoms with Crippen LogP contribution in [-0.2, 0) is 6.54 Å². The van der Waals surface area contributed by atoms with Gasteiger partial charge in [0.05, 0.1) is 13.1 Å². The van der Waals surface area contributed by atoms with Gasteiger partial charge in [0.25, 0.3) is 5.91 Å². The lowest BCUT2D eigenvalue weighted by molar-refractivity contribution is 0.0954. The van der Waals surface area contributed by atoms with Crippen molar-refractivity contribution >= 4 is 17.2 Å². The fourth-order valence-electron chi connectivity index (χ4n) is 1.37. The number of imidazole rings is 1. The van der Waals surface area contributed by atoms with Gasteiger partial charge < -0.3 is 16.0 Å². The highest BCUT2D eigenvalue weighted by molar-refractivity contribution is 7.12. The van der Waals surface area contributed by atoms with E-state index in [0.29, 0.717) is 17.0 Å². The first-order chi connectivity index (χ1) is 8.81. The Kier molecular flexibility index (Phi) is 4.12. The summed E-state index contributed by atoms with van der Waals surface area (Å²) in [5, 5.41) is 4.62. The van der Waals surface area contributed by atoms with Crippen LogP contribution in [0.2, 0.25) is 0 Å². The molecule has 0 spiro atoms. The molecule has 2 heterocycles. The standard InChI is InChI=1S/C12H12N4OS/c13-4-1-2-9-3-7-18-11(9)12(17)16-8-10-14-5-6-15-10/h3,5-7H,4,8,13H2,(H,14,15)(H,16,17). The molecule has 0 aliphatic carbocycles. The van der Waals surface area contributed by atoms with Crippen LogP contribution in [0.4, 0.5) is 0 Å². The Balaban J connectivity index is 2.02. The van der Waals surface area contributed by atoms with E-state index >= 15 is 0 Å². The van der Waals surface area contributed by atoms with Crippen molar-refractivity contribution in [1.82, 2.24) is 15.3 Å². The molecule has 5 nitrogen and oxygen atoms in total. The van der Waals surface area contributed by atoms with E-state index in [2.05, 4.69) is 27.1 Å². The lowest BCUT2D eigenvalue weighted by Crippen LogP contribution is -2.23. The van der Waals surface area contributed by atoms with Crippen molar-refractivity contribution in [3.8, 4) is 11.8 Å². The van der Waals surface area contributed by atoms with Crippen molar-refractivity contribution in [2.45, 2.75) is 6.54 Å². The summed E-state index contributed by atoms with van der Waals surface area (Å²) >= 11 is 1.36. The molecule has 6 heteroatoms. The zero-order chi connectivity index (χ0) is 12.8. The average Bonchev–Trinajstić information content (AvgIpc) is 3.04. The largest absolute Gasteiger partial charge is 0.347 e. The number of amides is 1. The molecule has 0 saturated heterocycles. The summed E-state index contributed by atoms with van der Waals surface area (Å²) in [6.07, 6.45) is 3.36. The van der Waals surface area contributed by atoms with Gasteiger partial charge in [-0.1, -0.05) is 11.8 Å². The van der Waals surface area contributed by atoms with E-state index < -0.39 is 0 Å². The first-order valence-corrected chi connectivity index (χ1v) is 6.22. The van der Waals surface area contributed by atoms with E-state index in [1.807, 2.05) is 11.4 Å². The normalized spacial score (nSPS) is 9.61. The number of carbonyl (C=O) groups excluding carboxylic acids is 1. The Morgan fingerprint density at radius 2 is 2.50 bits per heavy atom. The van der Waals surface area contributed by atoms with Gasteiger partial charge in [0.2, 0.25) is 0 Å². The van der Waals surface area contributed by atoms with Gasteiger partial charge in [0.1, 0.15) is 10.7 Å². The number of hydrogen-bond donors (Lipinski definition) is 3. The molecule has 0 fully saturated rings. The molecular weight excluding hydrogens is 248 g/mol. The molecule has 92 valence electrons. The summed E-state index contributed by atoms with van der Waals surface area (Å²) in [6, 6.07) is 1.81. The van der Waals surface area contributed by atoms with E-state index in [9.17, 15) is 4.79 Å². The van der Waals surface area contributed by atoms with Crippen LogP contribution in [0.5, 0.6) is 0 Å². The Hall–Kier alpha value is -2.10. The fraction of sp³-hybridized carbons (Fsp3) is 0.167. The van der Waals surface area contributed by atoms with E-state index in [1.54, 1.807) is 12.4 Å². The first kappa shape index (κ1) is 12.4. The number of thiophene rings is 1. The Labute approximate surface area is 108 Å². The number of nitrogens with two attached hydrogens (primary N) is 1. The van der Waals surface area contributed by atoms with Crippen molar-refractivity contribution < 1.29 is 4.79 Å². The van der Waals surface area contributed by atoms with Crippen molar-refractivity contribution in [2.24, 2.45) is 5.73 Å². The number of carbonyl (C=O) groups is 1. The molecule has 0 atom stereocenters. The predicted molar refractivity (Wildman–Crippen MR) is 70.0 cm³/mol. The van der Waals surface area contributed by atoms with Crippen LogP contribution >= 0.6 is 11.3 Å². The molecule has 2 rings (SSSR count). The van der Waals surface area contributed by atoms with E-state index in [4.69, 9.17) is 5.73 Å². The van der Waals surface area contributed by atoms with Gasteiger partial charge in [0, 0.05) is 18.0 Å². The molecule has 0 radical (unpaired) electrons. The van der Waals surface area contributed by atoms with Crippen LogP contribution in [0.1, 0.15) is 21.1 Å². The quantitative estimate of drug-likeness (QED) is 0.711. The van der Waals surface area contributed by atoms with Crippen LogP contribution in [0.3, 0.4) is 0 Å². The predicted octanol–water partition coefficient (Wildman–Crippen LogP) is 0.711. The molecule has 0 aliphatic rings. The van der Waals surface area contributed by atoms with Crippen LogP contribution in [0.15, 0.2) is 23.8 Å². The van der Waals surface area contributed by atoms with Crippen LogP contribution in [0, 0.1) is 11.8 Å². The second-order valence-electron chi connectivity index (χ2n) is 3.39. The Bertz CT molecular complexity index is 577. The lowest BCUT2D eigenvalue weighted by Gasteiger charge is -2.01. The summed E-state index contributed by atoms with van der Waals surface area (Å²) in [6.45, 7) is 0.650. The Morgan fingerprint density at radius 1 is 1.61 bits per heavy atom. The highest BCUT2D eigenvalue weighted by Gasteiger charge is 2.11. The maximum absolute atomic E-state index is 11.9. The molecule has 1 amide bonds.